The van der Waals surface area contributed by atoms with Crippen LogP contribution in [0.25, 0.3) is 0 Å². The van der Waals surface area contributed by atoms with Crippen LogP contribution < -0.4 is 5.32 Å². The van der Waals surface area contributed by atoms with E-state index in [0.29, 0.717) is 12.1 Å². The summed E-state index contributed by atoms with van der Waals surface area (Å²) < 4.78 is 6.63. The standard InChI is InChI=1S/C14H19BrClNO/c1-17-14(7-5-11-3-2-8-18-11)10-4-6-13(16)12(15)9-10/h4,6,9,11,14,17H,2-3,5,7-8H2,1H3. The summed E-state index contributed by atoms with van der Waals surface area (Å²) in [4.78, 5) is 0. The Kier molecular flexibility index (Phi) is 5.49. The second-order valence-corrected chi connectivity index (χ2v) is 5.99. The summed E-state index contributed by atoms with van der Waals surface area (Å²) in [6.07, 6.45) is 5.08. The molecule has 0 radical (unpaired) electrons. The van der Waals surface area contributed by atoms with Gasteiger partial charge in [0.05, 0.1) is 11.1 Å². The second-order valence-electron chi connectivity index (χ2n) is 4.73. The molecular weight excluding hydrogens is 314 g/mol. The summed E-state index contributed by atoms with van der Waals surface area (Å²) in [5, 5.41) is 4.13. The van der Waals surface area contributed by atoms with Crippen molar-refractivity contribution in [1.82, 2.24) is 5.32 Å². The first-order valence-corrected chi connectivity index (χ1v) is 7.61. The lowest BCUT2D eigenvalue weighted by atomic mass is 9.99. The van der Waals surface area contributed by atoms with Gasteiger partial charge < -0.3 is 10.1 Å². The second kappa shape index (κ2) is 6.90. The van der Waals surface area contributed by atoms with Gasteiger partial charge >= 0.3 is 0 Å². The highest BCUT2D eigenvalue weighted by atomic mass is 79.9. The third kappa shape index (κ3) is 3.70. The number of hydrogen-bond donors (Lipinski definition) is 1. The molecule has 0 bridgehead atoms. The third-order valence-corrected chi connectivity index (χ3v) is 4.71. The maximum Gasteiger partial charge on any atom is 0.0576 e. The van der Waals surface area contributed by atoms with Crippen LogP contribution in [0.1, 0.15) is 37.3 Å². The Morgan fingerprint density at radius 3 is 3.00 bits per heavy atom. The fourth-order valence-corrected chi connectivity index (χ4v) is 2.95. The fraction of sp³-hybridized carbons (Fsp3) is 0.571. The van der Waals surface area contributed by atoms with Crippen LogP contribution in [0.2, 0.25) is 5.02 Å². The van der Waals surface area contributed by atoms with Crippen molar-refractivity contribution in [1.29, 1.82) is 0 Å². The van der Waals surface area contributed by atoms with Gasteiger partial charge in [0.15, 0.2) is 0 Å². The Morgan fingerprint density at radius 1 is 1.56 bits per heavy atom. The van der Waals surface area contributed by atoms with E-state index in [9.17, 15) is 0 Å². The normalized spacial score (nSPS) is 21.2. The quantitative estimate of drug-likeness (QED) is 0.867. The van der Waals surface area contributed by atoms with Gasteiger partial charge in [0, 0.05) is 17.1 Å². The minimum atomic E-state index is 0.364. The molecule has 1 fully saturated rings. The van der Waals surface area contributed by atoms with Crippen molar-refractivity contribution in [2.45, 2.75) is 37.8 Å². The molecule has 1 aliphatic heterocycles. The van der Waals surface area contributed by atoms with Gasteiger partial charge in [0.1, 0.15) is 0 Å². The van der Waals surface area contributed by atoms with Crippen molar-refractivity contribution in [3.05, 3.63) is 33.3 Å². The average molecular weight is 333 g/mol. The number of ether oxygens (including phenoxy) is 1. The molecule has 1 aromatic rings. The van der Waals surface area contributed by atoms with Crippen molar-refractivity contribution >= 4 is 27.5 Å². The topological polar surface area (TPSA) is 21.3 Å². The number of benzene rings is 1. The van der Waals surface area contributed by atoms with Gasteiger partial charge in [0.2, 0.25) is 0 Å². The van der Waals surface area contributed by atoms with E-state index in [1.165, 1.54) is 18.4 Å². The van der Waals surface area contributed by atoms with Crippen LogP contribution in [-0.4, -0.2) is 19.8 Å². The van der Waals surface area contributed by atoms with Gasteiger partial charge in [-0.25, -0.2) is 0 Å². The van der Waals surface area contributed by atoms with Crippen molar-refractivity contribution in [3.8, 4) is 0 Å². The highest BCUT2D eigenvalue weighted by molar-refractivity contribution is 9.10. The highest BCUT2D eigenvalue weighted by Crippen LogP contribution is 2.29. The van der Waals surface area contributed by atoms with Crippen LogP contribution in [0, 0.1) is 0 Å². The molecule has 1 heterocycles. The summed E-state index contributed by atoms with van der Waals surface area (Å²) in [7, 11) is 2.00. The van der Waals surface area contributed by atoms with Crippen LogP contribution in [0.5, 0.6) is 0 Å². The molecule has 100 valence electrons. The first-order chi connectivity index (χ1) is 8.70. The number of rotatable bonds is 5. The number of nitrogens with one attached hydrogen (secondary N) is 1. The molecule has 2 atom stereocenters. The average Bonchev–Trinajstić information content (AvgIpc) is 2.87. The Labute approximate surface area is 122 Å². The molecule has 18 heavy (non-hydrogen) atoms. The molecule has 1 aromatic carbocycles. The van der Waals surface area contributed by atoms with Crippen LogP contribution in [0.4, 0.5) is 0 Å². The largest absolute Gasteiger partial charge is 0.378 e. The molecule has 1 aliphatic rings. The molecule has 0 amide bonds. The van der Waals surface area contributed by atoms with Gasteiger partial charge in [-0.2, -0.15) is 0 Å². The van der Waals surface area contributed by atoms with Crippen molar-refractivity contribution in [2.24, 2.45) is 0 Å². The van der Waals surface area contributed by atoms with Crippen LogP contribution in [-0.2, 0) is 4.74 Å². The smallest absolute Gasteiger partial charge is 0.0576 e. The summed E-state index contributed by atoms with van der Waals surface area (Å²) in [6.45, 7) is 0.932. The molecule has 0 aliphatic carbocycles. The van der Waals surface area contributed by atoms with E-state index in [1.807, 2.05) is 13.1 Å². The van der Waals surface area contributed by atoms with E-state index >= 15 is 0 Å². The zero-order valence-corrected chi connectivity index (χ0v) is 12.9. The summed E-state index contributed by atoms with van der Waals surface area (Å²) >= 11 is 9.50. The molecule has 2 rings (SSSR count). The van der Waals surface area contributed by atoms with E-state index in [1.54, 1.807) is 0 Å². The molecule has 4 heteroatoms. The minimum absolute atomic E-state index is 0.364. The molecule has 0 saturated carbocycles. The Hall–Kier alpha value is -0.0900. The molecule has 1 saturated heterocycles. The van der Waals surface area contributed by atoms with Gasteiger partial charge in [0.25, 0.3) is 0 Å². The summed E-state index contributed by atoms with van der Waals surface area (Å²) in [5.41, 5.74) is 1.27. The lowest BCUT2D eigenvalue weighted by Crippen LogP contribution is -2.18. The van der Waals surface area contributed by atoms with E-state index in [4.69, 9.17) is 16.3 Å². The zero-order valence-electron chi connectivity index (χ0n) is 10.6. The first-order valence-electron chi connectivity index (χ1n) is 6.44. The van der Waals surface area contributed by atoms with Gasteiger partial charge in [-0.05, 0) is 66.4 Å². The monoisotopic (exact) mass is 331 g/mol. The molecule has 2 unspecified atom stereocenters. The van der Waals surface area contributed by atoms with Crippen molar-refractivity contribution in [3.63, 3.8) is 0 Å². The van der Waals surface area contributed by atoms with E-state index in [0.717, 1.165) is 28.9 Å². The van der Waals surface area contributed by atoms with Crippen molar-refractivity contribution < 1.29 is 4.74 Å². The SMILES string of the molecule is CNC(CCC1CCCO1)c1ccc(Cl)c(Br)c1. The van der Waals surface area contributed by atoms with Crippen LogP contribution in [0.15, 0.2) is 22.7 Å². The first kappa shape index (κ1) is 14.3. The van der Waals surface area contributed by atoms with Crippen LogP contribution >= 0.6 is 27.5 Å². The Morgan fingerprint density at radius 2 is 2.39 bits per heavy atom. The predicted octanol–water partition coefficient (Wildman–Crippen LogP) is 4.32. The van der Waals surface area contributed by atoms with Gasteiger partial charge in [-0.15, -0.1) is 0 Å². The summed E-state index contributed by atoms with van der Waals surface area (Å²) in [5.74, 6) is 0. The molecular formula is C14H19BrClNO. The molecule has 0 spiro atoms. The fourth-order valence-electron chi connectivity index (χ4n) is 2.43. The van der Waals surface area contributed by atoms with E-state index < -0.39 is 0 Å². The molecule has 0 aromatic heterocycles. The zero-order chi connectivity index (χ0) is 13.0. The van der Waals surface area contributed by atoms with Crippen LogP contribution in [0.3, 0.4) is 0 Å². The maximum atomic E-state index is 6.02. The lowest BCUT2D eigenvalue weighted by molar-refractivity contribution is 0.0998. The van der Waals surface area contributed by atoms with Crippen molar-refractivity contribution in [2.75, 3.05) is 13.7 Å². The van der Waals surface area contributed by atoms with Gasteiger partial charge in [-0.1, -0.05) is 17.7 Å². The molecule has 1 N–H and O–H groups in total. The Bertz CT molecular complexity index is 393. The van der Waals surface area contributed by atoms with E-state index in [2.05, 4.69) is 33.4 Å². The lowest BCUT2D eigenvalue weighted by Gasteiger charge is -2.19. The number of halogens is 2. The number of hydrogen-bond acceptors (Lipinski definition) is 2. The van der Waals surface area contributed by atoms with Gasteiger partial charge in [-0.3, -0.25) is 0 Å². The third-order valence-electron chi connectivity index (χ3n) is 3.50. The summed E-state index contributed by atoms with van der Waals surface area (Å²) in [6, 6.07) is 6.49. The maximum absolute atomic E-state index is 6.02. The molecule has 2 nitrogen and oxygen atoms in total. The van der Waals surface area contributed by atoms with E-state index in [-0.39, 0.29) is 0 Å². The highest BCUT2D eigenvalue weighted by Gasteiger charge is 2.18. The predicted molar refractivity (Wildman–Crippen MR) is 79.2 cm³/mol. The Balaban J connectivity index is 1.96. The minimum Gasteiger partial charge on any atom is -0.378 e.